The van der Waals surface area contributed by atoms with Crippen LogP contribution in [0.4, 0.5) is 0 Å². The number of aliphatic hydroxyl groups excluding tert-OH is 1. The van der Waals surface area contributed by atoms with Crippen LogP contribution in [0.2, 0.25) is 0 Å². The molecule has 2 heteroatoms. The van der Waals surface area contributed by atoms with E-state index in [1.807, 2.05) is 0 Å². The fourth-order valence-electron chi connectivity index (χ4n) is 1.98. The molecule has 0 aliphatic carbocycles. The van der Waals surface area contributed by atoms with Crippen molar-refractivity contribution < 1.29 is 9.85 Å². The van der Waals surface area contributed by atoms with Gasteiger partial charge >= 0.3 is 0 Å². The minimum Gasteiger partial charge on any atom is -0.390 e. The maximum atomic E-state index is 7.26. The second-order valence-electron chi connectivity index (χ2n) is 6.56. The third-order valence-electron chi connectivity index (χ3n) is 4.56. The van der Waals surface area contributed by atoms with Gasteiger partial charge in [0, 0.05) is 5.92 Å². The van der Waals surface area contributed by atoms with Gasteiger partial charge in [0.05, 0.1) is 18.3 Å². The summed E-state index contributed by atoms with van der Waals surface area (Å²) in [7, 11) is 0. The van der Waals surface area contributed by atoms with Crippen LogP contribution in [0.1, 0.15) is 48.5 Å². The van der Waals surface area contributed by atoms with Gasteiger partial charge in [0.2, 0.25) is 1.43 Å². The third kappa shape index (κ3) is 2.07. The lowest BCUT2D eigenvalue weighted by Crippen LogP contribution is -2.46. The van der Waals surface area contributed by atoms with E-state index in [-0.39, 0.29) is 35.1 Å². The van der Waals surface area contributed by atoms with E-state index >= 15 is 0 Å². The molecule has 0 amide bonds. The van der Waals surface area contributed by atoms with Crippen LogP contribution in [0.5, 0.6) is 0 Å². The minimum absolute atomic E-state index is 0.00463. The number of hydrogen-bond donors (Lipinski definition) is 1. The van der Waals surface area contributed by atoms with Gasteiger partial charge < -0.3 is 9.85 Å². The van der Waals surface area contributed by atoms with Crippen LogP contribution in [0.25, 0.3) is 0 Å². The molecule has 1 heterocycles. The molecule has 0 bridgehead atoms. The summed E-state index contributed by atoms with van der Waals surface area (Å²) in [4.78, 5) is 0. The number of aliphatic hydroxyl groups is 1. The van der Waals surface area contributed by atoms with Gasteiger partial charge in [-0.1, -0.05) is 41.5 Å². The highest BCUT2D eigenvalue weighted by Gasteiger charge is 2.50. The topological polar surface area (TPSA) is 29.5 Å². The molecule has 3 unspecified atom stereocenters. The fraction of sp³-hybridized carbons (Fsp3) is 1.00. The summed E-state index contributed by atoms with van der Waals surface area (Å²) < 4.78 is 13.3. The Kier molecular flexibility index (Phi) is 2.85. The summed E-state index contributed by atoms with van der Waals surface area (Å²) in [5.41, 5.74) is 0.107. The van der Waals surface area contributed by atoms with Crippen LogP contribution in [0.15, 0.2) is 0 Å². The molecular weight excluding hydrogens is 188 g/mol. The zero-order valence-electron chi connectivity index (χ0n) is 12.1. The molecule has 15 heavy (non-hydrogen) atoms. The van der Waals surface area contributed by atoms with E-state index in [9.17, 15) is 0 Å². The van der Waals surface area contributed by atoms with E-state index in [1.165, 1.54) is 0 Å². The van der Waals surface area contributed by atoms with Gasteiger partial charge in [0.15, 0.2) is 0 Å². The van der Waals surface area contributed by atoms with Crippen molar-refractivity contribution in [2.75, 3.05) is 0 Å². The Balaban J connectivity index is 2.96. The molecule has 0 aromatic rings. The molecular formula is C13H26O2. The van der Waals surface area contributed by atoms with Crippen molar-refractivity contribution in [3.05, 3.63) is 0 Å². The molecule has 90 valence electrons. The first kappa shape index (κ1) is 11.4. The van der Waals surface area contributed by atoms with Crippen LogP contribution >= 0.6 is 0 Å². The van der Waals surface area contributed by atoms with Gasteiger partial charge in [0.1, 0.15) is 0 Å². The van der Waals surface area contributed by atoms with E-state index in [0.29, 0.717) is 0 Å². The molecule has 4 atom stereocenters. The van der Waals surface area contributed by atoms with Gasteiger partial charge in [-0.3, -0.25) is 0 Å². The summed E-state index contributed by atoms with van der Waals surface area (Å²) in [6.07, 6.45) is 0.0428. The lowest BCUT2D eigenvalue weighted by molar-refractivity contribution is -0.0975. The summed E-state index contributed by atoms with van der Waals surface area (Å²) in [6, 6.07) is 0. The average molecular weight is 216 g/mol. The molecule has 1 fully saturated rings. The van der Waals surface area contributed by atoms with E-state index in [4.69, 9.17) is 11.3 Å². The Hall–Kier alpha value is -0.0800. The zero-order chi connectivity index (χ0) is 12.7. The van der Waals surface area contributed by atoms with Crippen molar-refractivity contribution in [3.63, 3.8) is 0 Å². The zero-order valence-corrected chi connectivity index (χ0v) is 11.1. The van der Waals surface area contributed by atoms with Crippen molar-refractivity contribution in [3.8, 4) is 0 Å². The quantitative estimate of drug-likeness (QED) is 0.769. The monoisotopic (exact) mass is 216 g/mol. The molecule has 0 spiro atoms. The largest absolute Gasteiger partial charge is 0.390 e. The Labute approximate surface area is 95.5 Å². The lowest BCUT2D eigenvalue weighted by Gasteiger charge is -2.44. The van der Waals surface area contributed by atoms with E-state index < -0.39 is 0 Å². The predicted octanol–water partition coefficient (Wildman–Crippen LogP) is 2.84. The van der Waals surface area contributed by atoms with Gasteiger partial charge in [-0.15, -0.1) is 0 Å². The van der Waals surface area contributed by atoms with Gasteiger partial charge in [0.25, 0.3) is 0 Å². The second kappa shape index (κ2) is 3.74. The number of rotatable bonds is 2. The molecule has 2 nitrogen and oxygen atoms in total. The number of ether oxygens (including phenoxy) is 1. The molecule has 0 aromatic carbocycles. The molecule has 0 aromatic heterocycles. The molecule has 1 N–H and O–H groups in total. The summed E-state index contributed by atoms with van der Waals surface area (Å²) in [5.74, 6) is 0.282. The van der Waals surface area contributed by atoms with Crippen LogP contribution < -0.4 is 0 Å². The first-order chi connectivity index (χ1) is 7.13. The first-order valence-electron chi connectivity index (χ1n) is 6.31. The summed E-state index contributed by atoms with van der Waals surface area (Å²) >= 11 is 0. The van der Waals surface area contributed by atoms with E-state index in [2.05, 4.69) is 48.5 Å². The third-order valence-corrected chi connectivity index (χ3v) is 4.56. The summed E-state index contributed by atoms with van der Waals surface area (Å²) in [5, 5.41) is 4.91. The van der Waals surface area contributed by atoms with Crippen molar-refractivity contribution in [2.24, 2.45) is 16.7 Å². The van der Waals surface area contributed by atoms with Gasteiger partial charge in [-0.2, -0.15) is 0 Å². The van der Waals surface area contributed by atoms with Crippen molar-refractivity contribution in [1.82, 2.24) is 0 Å². The Morgan fingerprint density at radius 1 is 1.13 bits per heavy atom. The number of hydrogen-bond acceptors (Lipinski definition) is 2. The maximum absolute atomic E-state index is 7.26. The van der Waals surface area contributed by atoms with Crippen molar-refractivity contribution in [1.29, 1.82) is 1.43 Å². The average Bonchev–Trinajstić information content (AvgIpc) is 2.42. The smallest absolute Gasteiger partial charge is 0.211 e. The molecule has 1 aliphatic rings. The Morgan fingerprint density at radius 3 is 2.07 bits per heavy atom. The molecule has 0 radical (unpaired) electrons. The van der Waals surface area contributed by atoms with Crippen LogP contribution in [-0.4, -0.2) is 24.9 Å². The standard InChI is InChI=1S/C13H26O2/c1-8-9(2)15-11(10(8)14)13(6,7)12(3,4)5/h8-11,14H,1-7H3/t8?,9-,10?,11?/m0/s1/i14T. The second-order valence-corrected chi connectivity index (χ2v) is 6.56. The summed E-state index contributed by atoms with van der Waals surface area (Å²) in [6.45, 7) is 15.2. The first-order valence-corrected chi connectivity index (χ1v) is 5.90. The van der Waals surface area contributed by atoms with Crippen molar-refractivity contribution in [2.45, 2.75) is 66.8 Å². The molecule has 1 aliphatic heterocycles. The minimum atomic E-state index is -0.121. The van der Waals surface area contributed by atoms with Gasteiger partial charge in [-0.05, 0) is 17.8 Å². The van der Waals surface area contributed by atoms with E-state index in [0.717, 1.165) is 0 Å². The Bertz CT molecular complexity index is 245. The Morgan fingerprint density at radius 2 is 1.67 bits per heavy atom. The molecule has 0 saturated carbocycles. The van der Waals surface area contributed by atoms with Crippen molar-refractivity contribution >= 4 is 0 Å². The predicted molar refractivity (Wildman–Crippen MR) is 62.7 cm³/mol. The highest BCUT2D eigenvalue weighted by Crippen LogP contribution is 2.47. The SMILES string of the molecule is [3H]OC1C(C)[C@H](C)OC1C(C)(C)C(C)(C)C. The van der Waals surface area contributed by atoms with Crippen LogP contribution in [0.3, 0.4) is 0 Å². The molecule has 1 saturated heterocycles. The lowest BCUT2D eigenvalue weighted by atomic mass is 9.64. The normalized spacial score (nSPS) is 39.3. The fourth-order valence-corrected chi connectivity index (χ4v) is 1.98. The maximum Gasteiger partial charge on any atom is 0.211 e. The van der Waals surface area contributed by atoms with Crippen LogP contribution in [-0.2, 0) is 4.74 Å². The van der Waals surface area contributed by atoms with Crippen LogP contribution in [0, 0.1) is 16.7 Å². The highest BCUT2D eigenvalue weighted by molar-refractivity contribution is 4.99. The highest BCUT2D eigenvalue weighted by atomic mass is 16.5. The van der Waals surface area contributed by atoms with E-state index in [1.54, 1.807) is 0 Å². The molecule has 1 rings (SSSR count). The van der Waals surface area contributed by atoms with Gasteiger partial charge in [-0.25, -0.2) is 0 Å².